The maximum atomic E-state index is 16.1. The lowest BCUT2D eigenvalue weighted by molar-refractivity contribution is -0.277. The Hall–Kier alpha value is -9.86. The molecule has 7 aliphatic rings. The number of nitrogens with zero attached hydrogens (tertiary/aromatic N) is 1. The third kappa shape index (κ3) is 16.3. The lowest BCUT2D eigenvalue weighted by Crippen LogP contribution is -2.60. The number of aryl methyl sites for hydroxylation is 2. The average Bonchev–Trinajstić information content (AvgIpc) is 1.68. The highest BCUT2D eigenvalue weighted by Crippen LogP contribution is 2.49. The Morgan fingerprint density at radius 1 is 0.693 bits per heavy atom. The van der Waals surface area contributed by atoms with Gasteiger partial charge in [-0.05, 0) is 165 Å². The van der Waals surface area contributed by atoms with Crippen molar-refractivity contribution in [3.05, 3.63) is 123 Å². The van der Waals surface area contributed by atoms with Crippen molar-refractivity contribution in [1.29, 1.82) is 0 Å². The number of hydrogen-bond donors (Lipinski definition) is 16. The summed E-state index contributed by atoms with van der Waals surface area (Å²) in [5.41, 5.74) is 4.19. The molecule has 0 aromatic heterocycles. The summed E-state index contributed by atoms with van der Waals surface area (Å²) in [5, 5.41) is 109. The molecule has 12 rings (SSSR count). The van der Waals surface area contributed by atoms with Crippen LogP contribution < -0.4 is 57.2 Å². The van der Waals surface area contributed by atoms with E-state index in [1.165, 1.54) is 75.5 Å². The maximum absolute atomic E-state index is 16.1. The first-order valence-corrected chi connectivity index (χ1v) is 32.8. The number of halogens is 1. The number of nitrogens with two attached hydrogens (primary N) is 1. The van der Waals surface area contributed by atoms with E-state index in [1.54, 1.807) is 34.6 Å². The smallest absolute Gasteiger partial charge is 0.410 e. The second-order valence-electron chi connectivity index (χ2n) is 27.0. The van der Waals surface area contributed by atoms with E-state index < -0.39 is 186 Å². The van der Waals surface area contributed by atoms with Crippen LogP contribution in [0.5, 0.6) is 40.2 Å². The van der Waals surface area contributed by atoms with Crippen LogP contribution in [0.25, 0.3) is 11.1 Å². The zero-order valence-corrected chi connectivity index (χ0v) is 56.7. The number of aromatic hydroxyl groups is 2. The molecule has 0 spiro atoms. The predicted octanol–water partition coefficient (Wildman–Crippen LogP) is 1.97. The summed E-state index contributed by atoms with van der Waals surface area (Å²) in [6.07, 6.45) is -14.7. The molecule has 0 radical (unpaired) electrons. The lowest BCUT2D eigenvalue weighted by Gasteiger charge is -2.39. The normalized spacial score (nSPS) is 25.6. The van der Waals surface area contributed by atoms with Gasteiger partial charge in [0.05, 0.1) is 18.1 Å². The first-order chi connectivity index (χ1) is 47.6. The van der Waals surface area contributed by atoms with Gasteiger partial charge in [-0.15, -0.1) is 0 Å². The van der Waals surface area contributed by atoms with Crippen molar-refractivity contribution in [3.63, 3.8) is 0 Å². The molecule has 1 saturated heterocycles. The molecule has 1 aliphatic carbocycles. The number of benzene rings is 5. The number of hydrogen-bond acceptors (Lipinski definition) is 22. The van der Waals surface area contributed by atoms with Gasteiger partial charge in [0.25, 0.3) is 0 Å². The van der Waals surface area contributed by atoms with Crippen LogP contribution in [0.15, 0.2) is 78.9 Å². The first kappa shape index (κ1) is 73.8. The van der Waals surface area contributed by atoms with Gasteiger partial charge >= 0.3 is 6.09 Å². The van der Waals surface area contributed by atoms with Crippen LogP contribution in [0, 0.1) is 19.8 Å². The second kappa shape index (κ2) is 29.8. The summed E-state index contributed by atoms with van der Waals surface area (Å²) in [6.45, 7) is 10.4. The van der Waals surface area contributed by atoms with E-state index in [4.69, 9.17) is 41.0 Å². The lowest BCUT2D eigenvalue weighted by atomic mass is 9.87. The SMILES string of the molecule is Cc1cc2ccc1Oc1cc3cc(c1O[C@@H]1O[C@H](CO)[C@@H](O)[C@H](O)[C@H]1O)Oc1ccc(cc1Cl)[C@@H](O)[C@@H]1NC(=O)[C@@H](NC(=O)[C@@H]3NC(=O)[C@H](CC(N)=O)NC(=O)[C@H](NC(=O)[C@@H](CC(C)C)N(C)C(=O)OC(C)(C)C)[C@@H]2O)c2ccc(O)c(c2)-c2c(C)cc(O)cc2[C@@H](C(=O)NC2CC2)NC1=O. The number of fused-ring (bicyclic) bond motifs is 15. The number of amides is 9. The third-order valence-electron chi connectivity index (χ3n) is 17.6. The van der Waals surface area contributed by atoms with Gasteiger partial charge in [0.15, 0.2) is 11.5 Å². The minimum absolute atomic E-state index is 0.0181. The quantitative estimate of drug-likeness (QED) is 0.0849. The molecule has 5 aromatic carbocycles. The first-order valence-electron chi connectivity index (χ1n) is 32.4. The van der Waals surface area contributed by atoms with Crippen molar-refractivity contribution in [2.75, 3.05) is 13.7 Å². The predicted molar refractivity (Wildman–Crippen MR) is 354 cm³/mol. The highest BCUT2D eigenvalue weighted by molar-refractivity contribution is 6.32. The molecule has 32 heteroatoms. The zero-order chi connectivity index (χ0) is 73.5. The Kier molecular flexibility index (Phi) is 21.8. The van der Waals surface area contributed by atoms with E-state index in [9.17, 15) is 60.0 Å². The van der Waals surface area contributed by atoms with Gasteiger partial charge in [0.1, 0.15) is 108 Å². The fourth-order valence-corrected chi connectivity index (χ4v) is 12.4. The fraction of sp³-hybridized carbons (Fsp3) is 0.435. The molecule has 9 amide bonds. The molecule has 11 bridgehead atoms. The summed E-state index contributed by atoms with van der Waals surface area (Å²) in [5.74, 6) is -12.8. The number of rotatable bonds is 12. The van der Waals surface area contributed by atoms with Gasteiger partial charge in [-0.25, -0.2) is 4.79 Å². The van der Waals surface area contributed by atoms with Crippen molar-refractivity contribution in [2.45, 2.75) is 171 Å². The van der Waals surface area contributed by atoms with Crippen LogP contribution in [-0.4, -0.2) is 179 Å². The van der Waals surface area contributed by atoms with Gasteiger partial charge in [-0.3, -0.25) is 43.3 Å². The Balaban J connectivity index is 1.20. The second-order valence-corrected chi connectivity index (χ2v) is 27.4. The van der Waals surface area contributed by atoms with E-state index in [2.05, 4.69) is 37.2 Å². The van der Waals surface area contributed by atoms with Crippen LogP contribution in [0.2, 0.25) is 5.02 Å². The maximum Gasteiger partial charge on any atom is 0.410 e. The van der Waals surface area contributed by atoms with Gasteiger partial charge < -0.3 is 107 Å². The molecule has 1 saturated carbocycles. The fourth-order valence-electron chi connectivity index (χ4n) is 12.2. The summed E-state index contributed by atoms with van der Waals surface area (Å²) in [6, 6.07) is 1.65. The van der Waals surface area contributed by atoms with Crippen molar-refractivity contribution >= 4 is 65.0 Å². The van der Waals surface area contributed by atoms with Gasteiger partial charge in [0.2, 0.25) is 59.3 Å². The van der Waals surface area contributed by atoms with E-state index in [0.29, 0.717) is 12.8 Å². The minimum Gasteiger partial charge on any atom is -0.508 e. The molecule has 2 fully saturated rings. The monoisotopic (exact) mass is 1420 g/mol. The Morgan fingerprint density at radius 2 is 1.32 bits per heavy atom. The van der Waals surface area contributed by atoms with Gasteiger partial charge in [0, 0.05) is 18.7 Å². The number of ether oxygens (including phenoxy) is 5. The van der Waals surface area contributed by atoms with Gasteiger partial charge in [-0.1, -0.05) is 43.6 Å². The molecule has 5 aromatic rings. The Bertz CT molecular complexity index is 4110. The highest BCUT2D eigenvalue weighted by Gasteiger charge is 2.47. The standard InChI is InChI=1S/C69H80ClN9O22/c1-27(2)17-40(79(8)68(96)101-69(5,6)7)61(90)77-52-54(84)31-10-15-42(28(3)18-31)97-44-22-33-23-45(59(44)100-67-58(88)57(87)56(86)46(26-80)99-67)98-43-16-11-32(21-38(43)70)55(85)53-66(95)76-51(64(93)72-34-12-13-34)37-24-35(81)19-29(4)48(37)36-20-30(9-14-41(36)82)49(62(91)78-53)75-63(92)50(33)74-60(89)39(25-47(71)83)73-65(52)94/h9-11,14-16,18-24,27,34,39-40,46,49-58,67,80-82,84-88H,12-13,17,25-26H2,1-8H3,(H2,71,83)(H,72,93)(H,73,94)(H,74,89)(H,75,92)(H,76,95)(H,77,90)(H,78,91)/t39-,40+,46+,49-,50+,51-,52+,53-,54+,55+,56+,57-,58+,67-/m0/s1. The van der Waals surface area contributed by atoms with E-state index in [-0.39, 0.29) is 85.2 Å². The van der Waals surface area contributed by atoms with Crippen LogP contribution in [0.3, 0.4) is 0 Å². The minimum atomic E-state index is -2.27. The number of aliphatic hydroxyl groups excluding tert-OH is 6. The molecule has 0 unspecified atom stereocenters. The van der Waals surface area contributed by atoms with Crippen molar-refractivity contribution < 1.29 is 108 Å². The van der Waals surface area contributed by atoms with E-state index in [0.717, 1.165) is 29.2 Å². The number of primary amides is 1. The number of phenolic OH excluding ortho intramolecular Hbond substituents is 2. The molecular formula is C69H80ClN9O22. The molecule has 540 valence electrons. The van der Waals surface area contributed by atoms with Crippen molar-refractivity contribution in [3.8, 4) is 51.4 Å². The highest BCUT2D eigenvalue weighted by atomic mass is 35.5. The van der Waals surface area contributed by atoms with E-state index >= 15 is 24.0 Å². The van der Waals surface area contributed by atoms with Crippen LogP contribution in [0.1, 0.15) is 130 Å². The Labute approximate surface area is 582 Å². The third-order valence-corrected chi connectivity index (χ3v) is 17.9. The molecule has 31 nitrogen and oxygen atoms in total. The van der Waals surface area contributed by atoms with Crippen molar-refractivity contribution in [2.24, 2.45) is 11.7 Å². The molecule has 17 N–H and O–H groups in total. The molecular weight excluding hydrogens is 1340 g/mol. The largest absolute Gasteiger partial charge is 0.508 e. The molecule has 6 aliphatic heterocycles. The number of likely N-dealkylation sites (N-methyl/N-ethyl adjacent to an activating group) is 1. The van der Waals surface area contributed by atoms with Crippen LogP contribution in [0.4, 0.5) is 4.79 Å². The molecule has 14 atom stereocenters. The number of aliphatic hydroxyl groups is 6. The zero-order valence-electron chi connectivity index (χ0n) is 56.0. The van der Waals surface area contributed by atoms with Crippen molar-refractivity contribution in [1.82, 2.24) is 42.1 Å². The van der Waals surface area contributed by atoms with Crippen LogP contribution >= 0.6 is 11.6 Å². The number of carbonyl (C=O) groups excluding carboxylic acids is 9. The number of carbonyl (C=O) groups is 9. The molecule has 101 heavy (non-hydrogen) atoms. The summed E-state index contributed by atoms with van der Waals surface area (Å²) in [4.78, 5) is 134. The summed E-state index contributed by atoms with van der Waals surface area (Å²) >= 11 is 7.05. The summed E-state index contributed by atoms with van der Waals surface area (Å²) < 4.78 is 30.9. The van der Waals surface area contributed by atoms with Gasteiger partial charge in [-0.2, -0.15) is 0 Å². The summed E-state index contributed by atoms with van der Waals surface area (Å²) in [7, 11) is 1.29. The number of nitrogens with one attached hydrogen (secondary N) is 7. The van der Waals surface area contributed by atoms with E-state index in [1.807, 2.05) is 0 Å². The topological polar surface area (TPSA) is 475 Å². The van der Waals surface area contributed by atoms with Crippen LogP contribution in [-0.2, 0) is 47.8 Å². The Morgan fingerprint density at radius 3 is 1.94 bits per heavy atom. The molecule has 6 heterocycles. The average molecular weight is 1420 g/mol. The number of phenols is 2.